The summed E-state index contributed by atoms with van der Waals surface area (Å²) < 4.78 is 0. The Kier molecular flexibility index (Phi) is 2.19. The van der Waals surface area contributed by atoms with E-state index in [1.54, 1.807) is 23.0 Å². The van der Waals surface area contributed by atoms with E-state index in [1.807, 2.05) is 0 Å². The third-order valence-electron chi connectivity index (χ3n) is 2.07. The van der Waals surface area contributed by atoms with Crippen LogP contribution in [0.25, 0.3) is 0 Å². The van der Waals surface area contributed by atoms with E-state index in [0.717, 1.165) is 18.0 Å². The van der Waals surface area contributed by atoms with Crippen LogP contribution >= 0.6 is 11.3 Å². The first-order valence-corrected chi connectivity index (χ1v) is 4.85. The SMILES string of the molecule is O=C(Cc1cncs1)C1CNC1. The molecule has 0 amide bonds. The van der Waals surface area contributed by atoms with Gasteiger partial charge in [0.25, 0.3) is 0 Å². The Bertz CT molecular complexity index is 267. The van der Waals surface area contributed by atoms with Crippen molar-refractivity contribution in [3.05, 3.63) is 16.6 Å². The Morgan fingerprint density at radius 1 is 1.75 bits per heavy atom. The molecule has 1 N–H and O–H groups in total. The van der Waals surface area contributed by atoms with Gasteiger partial charge in [0.1, 0.15) is 5.78 Å². The Morgan fingerprint density at radius 2 is 2.58 bits per heavy atom. The monoisotopic (exact) mass is 182 g/mol. The molecule has 2 heterocycles. The number of carbonyl (C=O) groups is 1. The average Bonchev–Trinajstić information content (AvgIpc) is 2.34. The Hall–Kier alpha value is -0.740. The fourth-order valence-electron chi connectivity index (χ4n) is 1.16. The zero-order valence-corrected chi connectivity index (χ0v) is 7.43. The highest BCUT2D eigenvalue weighted by atomic mass is 32.1. The fourth-order valence-corrected chi connectivity index (χ4v) is 1.77. The molecule has 4 heteroatoms. The van der Waals surface area contributed by atoms with Gasteiger partial charge in [-0.05, 0) is 0 Å². The van der Waals surface area contributed by atoms with E-state index in [2.05, 4.69) is 10.3 Å². The number of rotatable bonds is 3. The Balaban J connectivity index is 1.90. The van der Waals surface area contributed by atoms with E-state index in [0.29, 0.717) is 12.2 Å². The van der Waals surface area contributed by atoms with Crippen molar-refractivity contribution in [2.75, 3.05) is 13.1 Å². The molecule has 2 rings (SSSR count). The number of nitrogens with one attached hydrogen (secondary N) is 1. The zero-order chi connectivity index (χ0) is 8.39. The van der Waals surface area contributed by atoms with E-state index in [-0.39, 0.29) is 5.92 Å². The molecule has 0 unspecified atom stereocenters. The molecule has 0 aliphatic carbocycles. The Labute approximate surface area is 74.8 Å². The summed E-state index contributed by atoms with van der Waals surface area (Å²) in [5, 5.41) is 3.09. The lowest BCUT2D eigenvalue weighted by Gasteiger charge is -2.25. The van der Waals surface area contributed by atoms with Crippen molar-refractivity contribution in [1.29, 1.82) is 0 Å². The highest BCUT2D eigenvalue weighted by Gasteiger charge is 2.24. The minimum atomic E-state index is 0.257. The van der Waals surface area contributed by atoms with Crippen LogP contribution in [0.3, 0.4) is 0 Å². The van der Waals surface area contributed by atoms with Crippen LogP contribution in [-0.4, -0.2) is 23.9 Å². The van der Waals surface area contributed by atoms with Crippen LogP contribution in [0.15, 0.2) is 11.7 Å². The van der Waals surface area contributed by atoms with Crippen molar-refractivity contribution in [3.8, 4) is 0 Å². The van der Waals surface area contributed by atoms with E-state index in [9.17, 15) is 4.79 Å². The topological polar surface area (TPSA) is 42.0 Å². The van der Waals surface area contributed by atoms with Crippen LogP contribution in [0.4, 0.5) is 0 Å². The molecule has 1 fully saturated rings. The van der Waals surface area contributed by atoms with Gasteiger partial charge >= 0.3 is 0 Å². The Morgan fingerprint density at radius 3 is 3.08 bits per heavy atom. The summed E-state index contributed by atoms with van der Waals surface area (Å²) in [5.74, 6) is 0.602. The zero-order valence-electron chi connectivity index (χ0n) is 6.62. The molecular weight excluding hydrogens is 172 g/mol. The van der Waals surface area contributed by atoms with Gasteiger partial charge in [-0.3, -0.25) is 9.78 Å². The molecule has 1 aromatic rings. The summed E-state index contributed by atoms with van der Waals surface area (Å²) in [6.45, 7) is 1.72. The molecule has 1 aromatic heterocycles. The van der Waals surface area contributed by atoms with Crippen LogP contribution in [0.5, 0.6) is 0 Å². The lowest BCUT2D eigenvalue weighted by molar-refractivity contribution is -0.123. The van der Waals surface area contributed by atoms with Gasteiger partial charge in [-0.15, -0.1) is 11.3 Å². The molecule has 0 atom stereocenters. The van der Waals surface area contributed by atoms with Crippen LogP contribution in [0, 0.1) is 5.92 Å². The summed E-state index contributed by atoms with van der Waals surface area (Å²) in [6, 6.07) is 0. The van der Waals surface area contributed by atoms with Crippen LogP contribution in [0.1, 0.15) is 4.88 Å². The first-order chi connectivity index (χ1) is 5.86. The van der Waals surface area contributed by atoms with Gasteiger partial charge in [-0.2, -0.15) is 0 Å². The lowest BCUT2D eigenvalue weighted by Crippen LogP contribution is -2.46. The van der Waals surface area contributed by atoms with Crippen molar-refractivity contribution in [3.63, 3.8) is 0 Å². The molecule has 3 nitrogen and oxygen atoms in total. The third-order valence-corrected chi connectivity index (χ3v) is 2.85. The molecule has 0 spiro atoms. The maximum Gasteiger partial charge on any atom is 0.143 e. The van der Waals surface area contributed by atoms with Gasteiger partial charge in [0.2, 0.25) is 0 Å². The van der Waals surface area contributed by atoms with E-state index in [1.165, 1.54) is 0 Å². The van der Waals surface area contributed by atoms with Gasteiger partial charge in [-0.1, -0.05) is 0 Å². The molecule has 0 aromatic carbocycles. The second-order valence-electron chi connectivity index (χ2n) is 2.97. The van der Waals surface area contributed by atoms with Crippen molar-refractivity contribution < 1.29 is 4.79 Å². The standard InChI is InChI=1S/C8H10N2OS/c11-8(6-2-9-3-6)1-7-4-10-5-12-7/h4-6,9H,1-3H2. The number of carbonyl (C=O) groups excluding carboxylic acids is 1. The number of ketones is 1. The number of aromatic nitrogens is 1. The molecular formula is C8H10N2OS. The second-order valence-corrected chi connectivity index (χ2v) is 3.94. The summed E-state index contributed by atoms with van der Waals surface area (Å²) in [5.41, 5.74) is 1.77. The van der Waals surface area contributed by atoms with Crippen LogP contribution in [-0.2, 0) is 11.2 Å². The number of Topliss-reactive ketones (excluding diaryl/α,β-unsaturated/α-hetero) is 1. The summed E-state index contributed by atoms with van der Waals surface area (Å²) in [7, 11) is 0. The minimum absolute atomic E-state index is 0.257. The number of thiazole rings is 1. The molecule has 1 saturated heterocycles. The van der Waals surface area contributed by atoms with Gasteiger partial charge in [0, 0.05) is 36.5 Å². The summed E-state index contributed by atoms with van der Waals surface area (Å²) in [4.78, 5) is 16.4. The first-order valence-electron chi connectivity index (χ1n) is 3.97. The summed E-state index contributed by atoms with van der Waals surface area (Å²) in [6.07, 6.45) is 2.34. The average molecular weight is 182 g/mol. The summed E-state index contributed by atoms with van der Waals surface area (Å²) >= 11 is 1.55. The predicted molar refractivity (Wildman–Crippen MR) is 47.2 cm³/mol. The first kappa shape index (κ1) is 7.89. The van der Waals surface area contributed by atoms with Crippen molar-refractivity contribution >= 4 is 17.1 Å². The molecule has 1 aliphatic rings. The normalized spacial score (nSPS) is 17.3. The number of hydrogen-bond acceptors (Lipinski definition) is 4. The van der Waals surface area contributed by atoms with Crippen molar-refractivity contribution in [1.82, 2.24) is 10.3 Å². The van der Waals surface area contributed by atoms with Gasteiger partial charge < -0.3 is 5.32 Å². The van der Waals surface area contributed by atoms with Crippen molar-refractivity contribution in [2.24, 2.45) is 5.92 Å². The molecule has 1 aliphatic heterocycles. The van der Waals surface area contributed by atoms with Crippen molar-refractivity contribution in [2.45, 2.75) is 6.42 Å². The molecule has 12 heavy (non-hydrogen) atoms. The third kappa shape index (κ3) is 1.54. The maximum atomic E-state index is 11.4. The van der Waals surface area contributed by atoms with Gasteiger partial charge in [0.15, 0.2) is 0 Å². The van der Waals surface area contributed by atoms with Gasteiger partial charge in [0.05, 0.1) is 5.51 Å². The minimum Gasteiger partial charge on any atom is -0.315 e. The number of nitrogens with zero attached hydrogens (tertiary/aromatic N) is 1. The van der Waals surface area contributed by atoms with Crippen LogP contribution < -0.4 is 5.32 Å². The molecule has 0 radical (unpaired) electrons. The lowest BCUT2D eigenvalue weighted by atomic mass is 9.96. The highest BCUT2D eigenvalue weighted by molar-refractivity contribution is 7.09. The van der Waals surface area contributed by atoms with E-state index in [4.69, 9.17) is 0 Å². The predicted octanol–water partition coefficient (Wildman–Crippen LogP) is 0.474. The second kappa shape index (κ2) is 3.33. The fraction of sp³-hybridized carbons (Fsp3) is 0.500. The number of hydrogen-bond donors (Lipinski definition) is 1. The largest absolute Gasteiger partial charge is 0.315 e. The maximum absolute atomic E-state index is 11.4. The highest BCUT2D eigenvalue weighted by Crippen LogP contribution is 2.12. The van der Waals surface area contributed by atoms with Gasteiger partial charge in [-0.25, -0.2) is 0 Å². The smallest absolute Gasteiger partial charge is 0.143 e. The quantitative estimate of drug-likeness (QED) is 0.739. The van der Waals surface area contributed by atoms with E-state index >= 15 is 0 Å². The van der Waals surface area contributed by atoms with Crippen LogP contribution in [0.2, 0.25) is 0 Å². The molecule has 0 saturated carbocycles. The van der Waals surface area contributed by atoms with E-state index < -0.39 is 0 Å². The molecule has 64 valence electrons. The molecule has 0 bridgehead atoms.